The highest BCUT2D eigenvalue weighted by molar-refractivity contribution is 6.30. The van der Waals surface area contributed by atoms with E-state index in [0.29, 0.717) is 5.56 Å². The molecule has 1 aromatic rings. The third-order valence-corrected chi connectivity index (χ3v) is 4.97. The second kappa shape index (κ2) is 8.86. The normalized spacial score (nSPS) is 20.1. The van der Waals surface area contributed by atoms with E-state index in [1.165, 1.54) is 0 Å². The first-order valence-electron chi connectivity index (χ1n) is 8.66. The lowest BCUT2D eigenvalue weighted by molar-refractivity contribution is -0.0302. The Kier molecular flexibility index (Phi) is 7.08. The molecular weight excluding hydrogens is 343 g/mol. The van der Waals surface area contributed by atoms with Crippen LogP contribution in [0.2, 0.25) is 5.02 Å². The van der Waals surface area contributed by atoms with E-state index in [4.69, 9.17) is 21.9 Å². The molecule has 7 heteroatoms. The number of rotatable bonds is 6. The molecule has 1 fully saturated rings. The van der Waals surface area contributed by atoms with Gasteiger partial charge in [0.05, 0.1) is 17.7 Å². The van der Waals surface area contributed by atoms with Crippen molar-refractivity contribution in [3.63, 3.8) is 0 Å². The van der Waals surface area contributed by atoms with Gasteiger partial charge in [-0.15, -0.1) is 0 Å². The van der Waals surface area contributed by atoms with E-state index in [0.717, 1.165) is 25.9 Å². The van der Waals surface area contributed by atoms with Gasteiger partial charge in [0.25, 0.3) is 0 Å². The van der Waals surface area contributed by atoms with Crippen molar-refractivity contribution in [2.75, 3.05) is 26.2 Å². The number of nitrogens with zero attached hydrogens (tertiary/aromatic N) is 4. The maximum atomic E-state index is 14.6. The third-order valence-electron chi connectivity index (χ3n) is 4.67. The van der Waals surface area contributed by atoms with Crippen molar-refractivity contribution in [3.05, 3.63) is 45.0 Å². The minimum Gasteiger partial charge on any atom is -0.373 e. The van der Waals surface area contributed by atoms with Gasteiger partial charge in [0.1, 0.15) is 5.82 Å². The SMILES string of the molecule is CC(C)(C)N1CCC[C@@H](C(OCCN=[N+]=[N-])c2cccc(Cl)c2F)C1. The van der Waals surface area contributed by atoms with Crippen LogP contribution in [0.25, 0.3) is 10.4 Å². The summed E-state index contributed by atoms with van der Waals surface area (Å²) in [6, 6.07) is 5.02. The first-order valence-corrected chi connectivity index (χ1v) is 9.04. The molecule has 1 aliphatic heterocycles. The molecule has 0 N–H and O–H groups in total. The Balaban J connectivity index is 2.24. The molecule has 1 aromatic carbocycles. The van der Waals surface area contributed by atoms with Gasteiger partial charge in [0, 0.05) is 35.0 Å². The number of benzene rings is 1. The summed E-state index contributed by atoms with van der Waals surface area (Å²) in [6.07, 6.45) is 1.60. The summed E-state index contributed by atoms with van der Waals surface area (Å²) in [5.41, 5.74) is 8.96. The Morgan fingerprint density at radius 1 is 1.48 bits per heavy atom. The van der Waals surface area contributed by atoms with Gasteiger partial charge < -0.3 is 4.74 Å². The van der Waals surface area contributed by atoms with Crippen LogP contribution in [0.3, 0.4) is 0 Å². The topological polar surface area (TPSA) is 61.2 Å². The van der Waals surface area contributed by atoms with Gasteiger partial charge in [0.15, 0.2) is 0 Å². The van der Waals surface area contributed by atoms with E-state index < -0.39 is 11.9 Å². The van der Waals surface area contributed by atoms with Crippen LogP contribution < -0.4 is 0 Å². The average molecular weight is 369 g/mol. The molecule has 0 spiro atoms. The summed E-state index contributed by atoms with van der Waals surface area (Å²) in [4.78, 5) is 5.15. The molecule has 0 saturated carbocycles. The zero-order chi connectivity index (χ0) is 18.4. The minimum absolute atomic E-state index is 0.0567. The fourth-order valence-electron chi connectivity index (χ4n) is 3.35. The molecular formula is C18H26ClFN4O. The molecule has 2 rings (SSSR count). The average Bonchev–Trinajstić information content (AvgIpc) is 2.57. The predicted octanol–water partition coefficient (Wildman–Crippen LogP) is 5.36. The molecule has 1 unspecified atom stereocenters. The highest BCUT2D eigenvalue weighted by atomic mass is 35.5. The Morgan fingerprint density at radius 3 is 2.92 bits per heavy atom. The van der Waals surface area contributed by atoms with Gasteiger partial charge in [-0.25, -0.2) is 4.39 Å². The van der Waals surface area contributed by atoms with Crippen molar-refractivity contribution in [1.29, 1.82) is 0 Å². The molecule has 0 aromatic heterocycles. The maximum absolute atomic E-state index is 14.6. The summed E-state index contributed by atoms with van der Waals surface area (Å²) in [5.74, 6) is -0.266. The number of hydrogen-bond acceptors (Lipinski definition) is 3. The quantitative estimate of drug-likeness (QED) is 0.294. The first kappa shape index (κ1) is 20.0. The van der Waals surface area contributed by atoms with E-state index in [1.807, 2.05) is 0 Å². The van der Waals surface area contributed by atoms with Crippen LogP contribution in [0.1, 0.15) is 45.3 Å². The van der Waals surface area contributed by atoms with Crippen molar-refractivity contribution in [2.45, 2.75) is 45.3 Å². The summed E-state index contributed by atoms with van der Waals surface area (Å²) >= 11 is 5.97. The van der Waals surface area contributed by atoms with Crippen molar-refractivity contribution in [3.8, 4) is 0 Å². The van der Waals surface area contributed by atoms with E-state index in [2.05, 4.69) is 35.7 Å². The maximum Gasteiger partial charge on any atom is 0.147 e. The standard InChI is InChI=1S/C18H26ClFN4O/c1-18(2,3)24-10-5-6-13(12-24)17(25-11-9-22-23-21)14-7-4-8-15(19)16(14)20/h4,7-8,13,17H,5-6,9-12H2,1-3H3/t13-,17?/m1/s1. The lowest BCUT2D eigenvalue weighted by Crippen LogP contribution is -2.48. The van der Waals surface area contributed by atoms with Crippen LogP contribution in [0.4, 0.5) is 4.39 Å². The summed E-state index contributed by atoms with van der Waals surface area (Å²) < 4.78 is 20.6. The van der Waals surface area contributed by atoms with Gasteiger partial charge >= 0.3 is 0 Å². The van der Waals surface area contributed by atoms with E-state index >= 15 is 0 Å². The van der Waals surface area contributed by atoms with E-state index in [9.17, 15) is 4.39 Å². The fraction of sp³-hybridized carbons (Fsp3) is 0.667. The van der Waals surface area contributed by atoms with Crippen LogP contribution in [-0.2, 0) is 4.74 Å². The van der Waals surface area contributed by atoms with Crippen LogP contribution in [0.5, 0.6) is 0 Å². The number of likely N-dealkylation sites (tertiary alicyclic amines) is 1. The number of azide groups is 1. The fourth-order valence-corrected chi connectivity index (χ4v) is 3.53. The van der Waals surface area contributed by atoms with Crippen molar-refractivity contribution in [1.82, 2.24) is 4.90 Å². The van der Waals surface area contributed by atoms with E-state index in [1.54, 1.807) is 18.2 Å². The highest BCUT2D eigenvalue weighted by Gasteiger charge is 2.34. The van der Waals surface area contributed by atoms with Crippen molar-refractivity contribution < 1.29 is 9.13 Å². The molecule has 0 radical (unpaired) electrons. The highest BCUT2D eigenvalue weighted by Crippen LogP contribution is 2.37. The lowest BCUT2D eigenvalue weighted by Gasteiger charge is -2.43. The molecule has 2 atom stereocenters. The molecule has 25 heavy (non-hydrogen) atoms. The Hall–Kier alpha value is -1.33. The molecule has 0 aliphatic carbocycles. The van der Waals surface area contributed by atoms with Gasteiger partial charge in [0.2, 0.25) is 0 Å². The number of halogens is 2. The number of hydrogen-bond donors (Lipinski definition) is 0. The van der Waals surface area contributed by atoms with Gasteiger partial charge in [-0.05, 0) is 51.8 Å². The summed E-state index contributed by atoms with van der Waals surface area (Å²) in [6.45, 7) is 8.91. The zero-order valence-electron chi connectivity index (χ0n) is 15.1. The third kappa shape index (κ3) is 5.32. The van der Waals surface area contributed by atoms with Crippen LogP contribution in [-0.4, -0.2) is 36.7 Å². The second-order valence-electron chi connectivity index (χ2n) is 7.41. The van der Waals surface area contributed by atoms with Crippen molar-refractivity contribution in [2.24, 2.45) is 11.0 Å². The molecule has 5 nitrogen and oxygen atoms in total. The number of ether oxygens (including phenoxy) is 1. The molecule has 1 heterocycles. The van der Waals surface area contributed by atoms with Crippen LogP contribution in [0.15, 0.2) is 23.3 Å². The Bertz CT molecular complexity index is 628. The van der Waals surface area contributed by atoms with Gasteiger partial charge in [-0.3, -0.25) is 4.90 Å². The smallest absolute Gasteiger partial charge is 0.147 e. The van der Waals surface area contributed by atoms with Crippen LogP contribution in [0, 0.1) is 11.7 Å². The second-order valence-corrected chi connectivity index (χ2v) is 7.82. The van der Waals surface area contributed by atoms with Gasteiger partial charge in [-0.1, -0.05) is 28.8 Å². The van der Waals surface area contributed by atoms with Crippen LogP contribution >= 0.6 is 11.6 Å². The molecule has 1 saturated heterocycles. The Labute approximate surface area is 153 Å². The van der Waals surface area contributed by atoms with Gasteiger partial charge in [-0.2, -0.15) is 0 Å². The predicted molar refractivity (Wildman–Crippen MR) is 98.2 cm³/mol. The first-order chi connectivity index (χ1) is 11.8. The Morgan fingerprint density at radius 2 is 2.24 bits per heavy atom. The molecule has 0 bridgehead atoms. The molecule has 0 amide bonds. The summed E-state index contributed by atoms with van der Waals surface area (Å²) in [5, 5.41) is 3.60. The summed E-state index contributed by atoms with van der Waals surface area (Å²) in [7, 11) is 0. The molecule has 1 aliphatic rings. The van der Waals surface area contributed by atoms with E-state index in [-0.39, 0.29) is 29.6 Å². The largest absolute Gasteiger partial charge is 0.373 e. The minimum atomic E-state index is -0.425. The van der Waals surface area contributed by atoms with Crippen molar-refractivity contribution >= 4 is 11.6 Å². The monoisotopic (exact) mass is 368 g/mol. The lowest BCUT2D eigenvalue weighted by atomic mass is 9.86. The zero-order valence-corrected chi connectivity index (χ0v) is 15.8. The molecule has 138 valence electrons. The number of piperidine rings is 1.